The predicted molar refractivity (Wildman–Crippen MR) is 141 cm³/mol. The van der Waals surface area contributed by atoms with Crippen LogP contribution in [0, 0.1) is 0 Å². The smallest absolute Gasteiger partial charge is 0.323 e. The molecule has 10 heteroatoms. The number of carbonyl (C=O) groups is 1. The van der Waals surface area contributed by atoms with Crippen LogP contribution in [0.3, 0.4) is 0 Å². The summed E-state index contributed by atoms with van der Waals surface area (Å²) in [6.07, 6.45) is 9.53. The molecular weight excluding hydrogens is 458 g/mol. The zero-order chi connectivity index (χ0) is 25.8. The summed E-state index contributed by atoms with van der Waals surface area (Å²) in [7, 11) is 0. The minimum atomic E-state index is -0.445. The number of nitrogens with two attached hydrogens (primary N) is 1. The van der Waals surface area contributed by atoms with E-state index in [1.165, 1.54) is 6.20 Å². The first-order chi connectivity index (χ1) is 17.6. The maximum absolute atomic E-state index is 12.3. The number of benzene rings is 1. The fourth-order valence-electron chi connectivity index (χ4n) is 3.16. The van der Waals surface area contributed by atoms with Gasteiger partial charge in [0.1, 0.15) is 5.69 Å². The van der Waals surface area contributed by atoms with E-state index in [9.17, 15) is 9.90 Å². The Kier molecular flexibility index (Phi) is 9.54. The van der Waals surface area contributed by atoms with E-state index < -0.39 is 6.03 Å². The molecule has 0 aliphatic heterocycles. The third-order valence-corrected chi connectivity index (χ3v) is 4.74. The molecule has 10 nitrogen and oxygen atoms in total. The molecule has 36 heavy (non-hydrogen) atoms. The molecule has 3 rings (SSSR count). The first kappa shape index (κ1) is 25.9. The molecule has 2 aromatic heterocycles. The summed E-state index contributed by atoms with van der Waals surface area (Å²) < 4.78 is 5.86. The van der Waals surface area contributed by atoms with Gasteiger partial charge in [-0.3, -0.25) is 4.98 Å². The Morgan fingerprint density at radius 1 is 1.19 bits per heavy atom. The summed E-state index contributed by atoms with van der Waals surface area (Å²) in [5.41, 5.74) is 8.58. The summed E-state index contributed by atoms with van der Waals surface area (Å²) in [5, 5.41) is 17.8. The molecule has 1 aromatic carbocycles. The highest BCUT2D eigenvalue weighted by Crippen LogP contribution is 2.36. The lowest BCUT2D eigenvalue weighted by molar-refractivity contribution is 0.254. The maximum Gasteiger partial charge on any atom is 0.323 e. The zero-order valence-electron chi connectivity index (χ0n) is 19.9. The summed E-state index contributed by atoms with van der Waals surface area (Å²) in [5.74, 6) is 1.38. The molecule has 3 aromatic rings. The number of anilines is 2. The fourth-order valence-corrected chi connectivity index (χ4v) is 3.16. The number of nitrogens with zero attached hydrogens (tertiary/aromatic N) is 3. The van der Waals surface area contributed by atoms with Crippen LogP contribution in [0.1, 0.15) is 6.92 Å². The first-order valence-corrected chi connectivity index (χ1v) is 11.3. The number of amides is 2. The molecule has 2 amide bonds. The van der Waals surface area contributed by atoms with Crippen LogP contribution in [0.5, 0.6) is 5.75 Å². The van der Waals surface area contributed by atoms with Crippen molar-refractivity contribution < 1.29 is 14.6 Å². The molecule has 6 N–H and O–H groups in total. The lowest BCUT2D eigenvalue weighted by atomic mass is 10.1. The molecule has 0 radical (unpaired) electrons. The van der Waals surface area contributed by atoms with Crippen LogP contribution >= 0.6 is 0 Å². The molecular formula is C26H29N7O3. The van der Waals surface area contributed by atoms with Gasteiger partial charge in [0, 0.05) is 42.0 Å². The molecule has 0 saturated heterocycles. The van der Waals surface area contributed by atoms with Crippen molar-refractivity contribution in [1.82, 2.24) is 20.3 Å². The standard InChI is InChI=1S/C26H29N7O3/c1-3-5-8-21(16-27)31-26(35)30-20-11-9-18(10-12-20)24-32-22(19-7-6-13-28-17-19)23(36-4-2)25(33-24)29-14-15-34/h3,5-13,16-17,34H,1,4,14-15,27H2,2H3,(H,29,32,33)(H2,30,31,35)/b8-5-,21-16+. The van der Waals surface area contributed by atoms with Crippen molar-refractivity contribution in [2.45, 2.75) is 6.92 Å². The second kappa shape index (κ2) is 13.3. The molecule has 0 bridgehead atoms. The Hall–Kier alpha value is -4.70. The number of carbonyl (C=O) groups excluding carboxylic acids is 1. The molecule has 2 heterocycles. The van der Waals surface area contributed by atoms with Crippen LogP contribution in [0.25, 0.3) is 22.6 Å². The third kappa shape index (κ3) is 6.90. The van der Waals surface area contributed by atoms with Gasteiger partial charge in [0.05, 0.1) is 18.9 Å². The number of aliphatic hydroxyl groups is 1. The van der Waals surface area contributed by atoms with Crippen LogP contribution in [0.15, 0.2) is 85.5 Å². The molecule has 0 aliphatic carbocycles. The number of aromatic nitrogens is 3. The number of aliphatic hydroxyl groups excluding tert-OH is 1. The van der Waals surface area contributed by atoms with Gasteiger partial charge in [0.15, 0.2) is 17.4 Å². The Morgan fingerprint density at radius 2 is 2.00 bits per heavy atom. The Bertz CT molecular complexity index is 1230. The Balaban J connectivity index is 1.90. The van der Waals surface area contributed by atoms with Gasteiger partial charge in [-0.05, 0) is 49.4 Å². The minimum Gasteiger partial charge on any atom is -0.488 e. The summed E-state index contributed by atoms with van der Waals surface area (Å²) in [6, 6.07) is 10.3. The normalized spacial score (nSPS) is 11.2. The van der Waals surface area contributed by atoms with E-state index in [4.69, 9.17) is 15.5 Å². The monoisotopic (exact) mass is 487 g/mol. The van der Waals surface area contributed by atoms with Crippen molar-refractivity contribution in [2.75, 3.05) is 30.4 Å². The molecule has 0 fully saturated rings. The number of pyridine rings is 1. The lowest BCUT2D eigenvalue weighted by Crippen LogP contribution is -2.28. The fraction of sp³-hybridized carbons (Fsp3) is 0.154. The van der Waals surface area contributed by atoms with Crippen molar-refractivity contribution in [3.8, 4) is 28.4 Å². The first-order valence-electron chi connectivity index (χ1n) is 11.3. The highest BCUT2D eigenvalue weighted by atomic mass is 16.5. The lowest BCUT2D eigenvalue weighted by Gasteiger charge is -2.16. The second-order valence-electron chi connectivity index (χ2n) is 7.27. The van der Waals surface area contributed by atoms with E-state index in [2.05, 4.69) is 32.5 Å². The van der Waals surface area contributed by atoms with E-state index in [0.29, 0.717) is 47.6 Å². The second-order valence-corrected chi connectivity index (χ2v) is 7.27. The SMILES string of the molecule is C=C/C=C\C(=C/N)NC(=O)Nc1ccc(-c2nc(NCCO)c(OCC)c(-c3cccnc3)n2)cc1. The summed E-state index contributed by atoms with van der Waals surface area (Å²) >= 11 is 0. The molecule has 0 spiro atoms. The van der Waals surface area contributed by atoms with Gasteiger partial charge in [0.25, 0.3) is 0 Å². The van der Waals surface area contributed by atoms with Crippen LogP contribution in [0.4, 0.5) is 16.3 Å². The number of urea groups is 1. The summed E-state index contributed by atoms with van der Waals surface area (Å²) in [6.45, 7) is 6.10. The van der Waals surface area contributed by atoms with E-state index >= 15 is 0 Å². The quantitative estimate of drug-likeness (QED) is 0.257. The average Bonchev–Trinajstić information content (AvgIpc) is 2.91. The molecule has 0 atom stereocenters. The van der Waals surface area contributed by atoms with Crippen molar-refractivity contribution in [3.63, 3.8) is 0 Å². The van der Waals surface area contributed by atoms with Gasteiger partial charge in [-0.25, -0.2) is 14.8 Å². The predicted octanol–water partition coefficient (Wildman–Crippen LogP) is 3.67. The van der Waals surface area contributed by atoms with Crippen LogP contribution in [-0.4, -0.2) is 45.8 Å². The van der Waals surface area contributed by atoms with Crippen molar-refractivity contribution >= 4 is 17.5 Å². The number of nitrogens with one attached hydrogen (secondary N) is 3. The van der Waals surface area contributed by atoms with Crippen LogP contribution in [0.2, 0.25) is 0 Å². The minimum absolute atomic E-state index is 0.0694. The highest BCUT2D eigenvalue weighted by molar-refractivity contribution is 5.91. The number of hydrogen-bond donors (Lipinski definition) is 5. The van der Waals surface area contributed by atoms with Gasteiger partial charge in [-0.1, -0.05) is 18.7 Å². The summed E-state index contributed by atoms with van der Waals surface area (Å²) in [4.78, 5) is 25.9. The average molecular weight is 488 g/mol. The maximum atomic E-state index is 12.3. The van der Waals surface area contributed by atoms with Crippen LogP contribution in [-0.2, 0) is 0 Å². The topological polar surface area (TPSA) is 147 Å². The van der Waals surface area contributed by atoms with Crippen molar-refractivity contribution in [3.05, 3.63) is 85.5 Å². The molecule has 0 aliphatic rings. The van der Waals surface area contributed by atoms with E-state index in [1.807, 2.05) is 19.1 Å². The zero-order valence-corrected chi connectivity index (χ0v) is 19.9. The molecule has 0 unspecified atom stereocenters. The van der Waals surface area contributed by atoms with Gasteiger partial charge in [0.2, 0.25) is 0 Å². The third-order valence-electron chi connectivity index (χ3n) is 4.74. The molecule has 186 valence electrons. The van der Waals surface area contributed by atoms with Crippen molar-refractivity contribution in [2.24, 2.45) is 5.73 Å². The highest BCUT2D eigenvalue weighted by Gasteiger charge is 2.18. The Morgan fingerprint density at radius 3 is 2.64 bits per heavy atom. The molecule has 0 saturated carbocycles. The van der Waals surface area contributed by atoms with E-state index in [-0.39, 0.29) is 6.61 Å². The van der Waals surface area contributed by atoms with Gasteiger partial charge in [-0.15, -0.1) is 0 Å². The largest absolute Gasteiger partial charge is 0.488 e. The number of allylic oxidation sites excluding steroid dienone is 3. The van der Waals surface area contributed by atoms with Gasteiger partial charge < -0.3 is 31.5 Å². The van der Waals surface area contributed by atoms with E-state index in [1.54, 1.807) is 54.9 Å². The number of rotatable bonds is 11. The van der Waals surface area contributed by atoms with E-state index in [0.717, 1.165) is 11.1 Å². The number of ether oxygens (including phenoxy) is 1. The van der Waals surface area contributed by atoms with Gasteiger partial charge in [-0.2, -0.15) is 0 Å². The number of hydrogen-bond acceptors (Lipinski definition) is 8. The van der Waals surface area contributed by atoms with Gasteiger partial charge >= 0.3 is 6.03 Å². The Labute approximate surface area is 209 Å². The van der Waals surface area contributed by atoms with Crippen LogP contribution < -0.4 is 26.4 Å². The van der Waals surface area contributed by atoms with Crippen molar-refractivity contribution in [1.29, 1.82) is 0 Å².